The van der Waals surface area contributed by atoms with E-state index in [9.17, 15) is 18.0 Å². The normalized spacial score (nSPS) is 17.7. The van der Waals surface area contributed by atoms with Crippen LogP contribution >= 0.6 is 22.9 Å². The molecule has 2 aromatic rings. The van der Waals surface area contributed by atoms with Crippen LogP contribution in [0.1, 0.15) is 21.7 Å². The summed E-state index contributed by atoms with van der Waals surface area (Å²) in [6, 6.07) is 5.44. The van der Waals surface area contributed by atoms with Crippen molar-refractivity contribution in [2.75, 3.05) is 11.4 Å². The zero-order chi connectivity index (χ0) is 19.6. The smallest absolute Gasteiger partial charge is 0.250 e. The lowest BCUT2D eigenvalue weighted by Crippen LogP contribution is -2.40. The highest BCUT2D eigenvalue weighted by Crippen LogP contribution is 2.23. The highest BCUT2D eigenvalue weighted by atomic mass is 35.5. The molecule has 3 rings (SSSR count). The quantitative estimate of drug-likeness (QED) is 0.726. The lowest BCUT2D eigenvalue weighted by molar-refractivity contribution is -0.118. The number of anilines is 1. The Bertz CT molecular complexity index is 1000. The molecule has 3 N–H and O–H groups in total. The van der Waals surface area contributed by atoms with E-state index in [1.54, 1.807) is 12.1 Å². The number of carbonyl (C=O) groups excluding carboxylic acids is 2. The van der Waals surface area contributed by atoms with Gasteiger partial charge in [-0.1, -0.05) is 11.6 Å². The second kappa shape index (κ2) is 7.77. The number of carbonyl (C=O) groups is 2. The molecule has 1 saturated heterocycles. The van der Waals surface area contributed by atoms with Gasteiger partial charge in [0.2, 0.25) is 21.8 Å². The van der Waals surface area contributed by atoms with E-state index in [2.05, 4.69) is 9.71 Å². The first kappa shape index (κ1) is 19.5. The summed E-state index contributed by atoms with van der Waals surface area (Å²) in [4.78, 5) is 29.7. The van der Waals surface area contributed by atoms with E-state index in [1.807, 2.05) is 0 Å². The number of nitrogens with two attached hydrogens (primary N) is 1. The SMILES string of the molecule is NC(=O)c1ccc(N2CC[C@H](NS(=O)(=O)/C=C/c3ccc(Cl)s3)C2=O)nc1. The van der Waals surface area contributed by atoms with Crippen LogP contribution in [0.2, 0.25) is 4.34 Å². The van der Waals surface area contributed by atoms with Crippen molar-refractivity contribution in [3.63, 3.8) is 0 Å². The van der Waals surface area contributed by atoms with Crippen molar-refractivity contribution in [1.82, 2.24) is 9.71 Å². The van der Waals surface area contributed by atoms with Crippen LogP contribution in [0.3, 0.4) is 0 Å². The fourth-order valence-corrected chi connectivity index (χ4v) is 4.59. The zero-order valence-electron chi connectivity index (χ0n) is 13.8. The van der Waals surface area contributed by atoms with Gasteiger partial charge < -0.3 is 5.73 Å². The number of aromatic nitrogens is 1. The van der Waals surface area contributed by atoms with Crippen LogP contribution < -0.4 is 15.4 Å². The molecule has 1 aliphatic rings. The fraction of sp³-hybridized carbons (Fsp3) is 0.188. The minimum absolute atomic E-state index is 0.224. The predicted octanol–water partition coefficient (Wildman–Crippen LogP) is 1.59. The molecule has 1 atom stereocenters. The maximum absolute atomic E-state index is 12.5. The lowest BCUT2D eigenvalue weighted by atomic mass is 10.2. The molecule has 11 heteroatoms. The van der Waals surface area contributed by atoms with Gasteiger partial charge in [-0.2, -0.15) is 4.72 Å². The van der Waals surface area contributed by atoms with Gasteiger partial charge in [-0.25, -0.2) is 13.4 Å². The Kier molecular flexibility index (Phi) is 5.61. The highest BCUT2D eigenvalue weighted by Gasteiger charge is 2.35. The second-order valence-corrected chi connectivity index (χ2v) is 9.05. The molecule has 0 aliphatic carbocycles. The Balaban J connectivity index is 1.67. The van der Waals surface area contributed by atoms with E-state index in [1.165, 1.54) is 40.6 Å². The lowest BCUT2D eigenvalue weighted by Gasteiger charge is -2.16. The largest absolute Gasteiger partial charge is 0.366 e. The van der Waals surface area contributed by atoms with Gasteiger partial charge in [0.1, 0.15) is 11.9 Å². The van der Waals surface area contributed by atoms with Crippen molar-refractivity contribution in [1.29, 1.82) is 0 Å². The maximum Gasteiger partial charge on any atom is 0.250 e. The first-order valence-electron chi connectivity index (χ1n) is 7.78. The Labute approximate surface area is 164 Å². The number of rotatable bonds is 6. The minimum atomic E-state index is -3.81. The van der Waals surface area contributed by atoms with Gasteiger partial charge in [-0.05, 0) is 36.8 Å². The van der Waals surface area contributed by atoms with Crippen molar-refractivity contribution in [3.05, 3.63) is 50.6 Å². The van der Waals surface area contributed by atoms with Gasteiger partial charge >= 0.3 is 0 Å². The summed E-state index contributed by atoms with van der Waals surface area (Å²) in [5, 5.41) is 1.00. The van der Waals surface area contributed by atoms with Crippen LogP contribution in [-0.4, -0.2) is 37.8 Å². The molecule has 3 heterocycles. The number of hydrogen-bond donors (Lipinski definition) is 2. The zero-order valence-corrected chi connectivity index (χ0v) is 16.2. The van der Waals surface area contributed by atoms with E-state index in [-0.39, 0.29) is 5.56 Å². The van der Waals surface area contributed by atoms with E-state index >= 15 is 0 Å². The molecule has 0 saturated carbocycles. The number of amides is 2. The molecule has 2 aromatic heterocycles. The molecule has 1 aliphatic heterocycles. The standard InChI is InChI=1S/C16H15ClN4O4S2/c17-13-3-2-11(26-13)6-8-27(24,25)20-12-5-7-21(16(12)23)14-4-1-10(9-19-14)15(18)22/h1-4,6,8-9,12,20H,5,7H2,(H2,18,22)/b8-6+/t12-/m0/s1. The number of halogens is 1. The first-order valence-corrected chi connectivity index (χ1v) is 10.5. The Morgan fingerprint density at radius 3 is 2.74 bits per heavy atom. The topological polar surface area (TPSA) is 122 Å². The number of hydrogen-bond acceptors (Lipinski definition) is 6. The van der Waals surface area contributed by atoms with Gasteiger partial charge in [-0.15, -0.1) is 11.3 Å². The Morgan fingerprint density at radius 1 is 1.37 bits per heavy atom. The summed E-state index contributed by atoms with van der Waals surface area (Å²) in [5.41, 5.74) is 5.38. The van der Waals surface area contributed by atoms with Crippen molar-refractivity contribution in [2.24, 2.45) is 5.73 Å². The monoisotopic (exact) mass is 426 g/mol. The Morgan fingerprint density at radius 2 is 2.15 bits per heavy atom. The summed E-state index contributed by atoms with van der Waals surface area (Å²) in [6.07, 6.45) is 2.99. The van der Waals surface area contributed by atoms with E-state index in [4.69, 9.17) is 17.3 Å². The van der Waals surface area contributed by atoms with Crippen LogP contribution in [0.25, 0.3) is 6.08 Å². The van der Waals surface area contributed by atoms with Crippen LogP contribution in [0, 0.1) is 0 Å². The van der Waals surface area contributed by atoms with E-state index in [0.29, 0.717) is 28.0 Å². The number of pyridine rings is 1. The Hall–Kier alpha value is -2.27. The van der Waals surface area contributed by atoms with Crippen molar-refractivity contribution < 1.29 is 18.0 Å². The molecule has 0 bridgehead atoms. The number of sulfonamides is 1. The number of nitrogens with zero attached hydrogens (tertiary/aromatic N) is 2. The maximum atomic E-state index is 12.5. The van der Waals surface area contributed by atoms with Crippen molar-refractivity contribution in [3.8, 4) is 0 Å². The third kappa shape index (κ3) is 4.72. The number of nitrogens with one attached hydrogen (secondary N) is 1. The second-order valence-electron chi connectivity index (χ2n) is 5.71. The summed E-state index contributed by atoms with van der Waals surface area (Å²) in [7, 11) is -3.81. The van der Waals surface area contributed by atoms with Gasteiger partial charge in [0.05, 0.1) is 9.90 Å². The van der Waals surface area contributed by atoms with Gasteiger partial charge in [0.25, 0.3) is 0 Å². The van der Waals surface area contributed by atoms with Crippen LogP contribution in [0.15, 0.2) is 35.9 Å². The first-order chi connectivity index (χ1) is 12.7. The molecule has 142 valence electrons. The molecule has 0 unspecified atom stereocenters. The molecule has 0 spiro atoms. The summed E-state index contributed by atoms with van der Waals surface area (Å²) in [5.74, 6) is -0.702. The third-order valence-electron chi connectivity index (χ3n) is 3.83. The average molecular weight is 427 g/mol. The summed E-state index contributed by atoms with van der Waals surface area (Å²) < 4.78 is 27.3. The minimum Gasteiger partial charge on any atom is -0.366 e. The van der Waals surface area contributed by atoms with Gasteiger partial charge in [-0.3, -0.25) is 14.5 Å². The fourth-order valence-electron chi connectivity index (χ4n) is 2.52. The van der Waals surface area contributed by atoms with Crippen LogP contribution in [0.5, 0.6) is 0 Å². The molecule has 0 aromatic carbocycles. The molecule has 1 fully saturated rings. The number of thiophene rings is 1. The predicted molar refractivity (Wildman–Crippen MR) is 104 cm³/mol. The van der Waals surface area contributed by atoms with Crippen molar-refractivity contribution in [2.45, 2.75) is 12.5 Å². The van der Waals surface area contributed by atoms with Gasteiger partial charge in [0, 0.05) is 23.0 Å². The third-order valence-corrected chi connectivity index (χ3v) is 6.13. The molecule has 0 radical (unpaired) electrons. The molecular formula is C16H15ClN4O4S2. The van der Waals surface area contributed by atoms with Crippen LogP contribution in [-0.2, 0) is 14.8 Å². The molecule has 8 nitrogen and oxygen atoms in total. The molecule has 2 amide bonds. The summed E-state index contributed by atoms with van der Waals surface area (Å²) in [6.45, 7) is 0.305. The molecule has 27 heavy (non-hydrogen) atoms. The number of primary amides is 1. The average Bonchev–Trinajstić information content (AvgIpc) is 3.19. The van der Waals surface area contributed by atoms with E-state index in [0.717, 1.165) is 5.41 Å². The van der Waals surface area contributed by atoms with Gasteiger partial charge in [0.15, 0.2) is 0 Å². The summed E-state index contributed by atoms with van der Waals surface area (Å²) >= 11 is 7.05. The van der Waals surface area contributed by atoms with Crippen molar-refractivity contribution >= 4 is 56.7 Å². The van der Waals surface area contributed by atoms with E-state index < -0.39 is 27.9 Å². The highest BCUT2D eigenvalue weighted by molar-refractivity contribution is 7.92. The molecular weight excluding hydrogens is 412 g/mol. The van der Waals surface area contributed by atoms with Crippen LogP contribution in [0.4, 0.5) is 5.82 Å².